The first-order valence-corrected chi connectivity index (χ1v) is 7.59. The standard InChI is InChI=1S/C19H15F3N2O/c1-12-17(18(25)24-13-7-3-2-4-8-13)15(11-23-12)14-9-5-6-10-16(14)19(20,21)22/h2-11,23H,1H3,(H,24,25). The van der Waals surface area contributed by atoms with Crippen molar-refractivity contribution in [1.29, 1.82) is 0 Å². The lowest BCUT2D eigenvalue weighted by Gasteiger charge is -2.13. The SMILES string of the molecule is Cc1[nH]cc(-c2ccccc2C(F)(F)F)c1C(=O)Nc1ccccc1. The summed E-state index contributed by atoms with van der Waals surface area (Å²) in [5.74, 6) is -0.461. The van der Waals surface area contributed by atoms with E-state index in [0.717, 1.165) is 6.07 Å². The van der Waals surface area contributed by atoms with Crippen molar-refractivity contribution in [2.45, 2.75) is 13.1 Å². The maximum atomic E-state index is 13.3. The van der Waals surface area contributed by atoms with Crippen LogP contribution in [0.3, 0.4) is 0 Å². The van der Waals surface area contributed by atoms with Crippen molar-refractivity contribution in [1.82, 2.24) is 4.98 Å². The number of alkyl halides is 3. The maximum absolute atomic E-state index is 13.3. The second-order valence-electron chi connectivity index (χ2n) is 5.57. The smallest absolute Gasteiger partial charge is 0.364 e. The van der Waals surface area contributed by atoms with Gasteiger partial charge in [0.25, 0.3) is 5.91 Å². The van der Waals surface area contributed by atoms with Crippen LogP contribution < -0.4 is 5.32 Å². The van der Waals surface area contributed by atoms with Crippen LogP contribution in [0.2, 0.25) is 0 Å². The molecule has 3 nitrogen and oxygen atoms in total. The number of aromatic nitrogens is 1. The molecule has 128 valence electrons. The summed E-state index contributed by atoms with van der Waals surface area (Å²) in [5, 5.41) is 2.71. The van der Waals surface area contributed by atoms with E-state index in [9.17, 15) is 18.0 Å². The van der Waals surface area contributed by atoms with Crippen molar-refractivity contribution in [3.05, 3.63) is 77.6 Å². The van der Waals surface area contributed by atoms with Gasteiger partial charge in [-0.2, -0.15) is 13.2 Å². The Hall–Kier alpha value is -3.02. The van der Waals surface area contributed by atoms with Gasteiger partial charge < -0.3 is 10.3 Å². The van der Waals surface area contributed by atoms with Gasteiger partial charge in [0.1, 0.15) is 0 Å². The van der Waals surface area contributed by atoms with Crippen LogP contribution in [-0.4, -0.2) is 10.9 Å². The van der Waals surface area contributed by atoms with Crippen LogP contribution in [0.1, 0.15) is 21.6 Å². The number of para-hydroxylation sites is 1. The number of aromatic amines is 1. The number of carbonyl (C=O) groups is 1. The summed E-state index contributed by atoms with van der Waals surface area (Å²) < 4.78 is 39.9. The predicted octanol–water partition coefficient (Wildman–Crippen LogP) is 5.26. The Morgan fingerprint density at radius 2 is 1.60 bits per heavy atom. The molecule has 0 saturated carbocycles. The topological polar surface area (TPSA) is 44.9 Å². The molecule has 3 aromatic rings. The molecule has 0 radical (unpaired) electrons. The number of nitrogens with one attached hydrogen (secondary N) is 2. The minimum Gasteiger partial charge on any atom is -0.364 e. The maximum Gasteiger partial charge on any atom is 0.417 e. The van der Waals surface area contributed by atoms with Crippen molar-refractivity contribution in [3.63, 3.8) is 0 Å². The van der Waals surface area contributed by atoms with Crippen molar-refractivity contribution >= 4 is 11.6 Å². The predicted molar refractivity (Wildman–Crippen MR) is 90.4 cm³/mol. The van der Waals surface area contributed by atoms with Gasteiger partial charge in [-0.05, 0) is 30.7 Å². The molecule has 2 N–H and O–H groups in total. The first kappa shape index (κ1) is 16.8. The van der Waals surface area contributed by atoms with E-state index in [4.69, 9.17) is 0 Å². The molecule has 0 spiro atoms. The van der Waals surface area contributed by atoms with Gasteiger partial charge in [-0.3, -0.25) is 4.79 Å². The zero-order valence-corrected chi connectivity index (χ0v) is 13.3. The van der Waals surface area contributed by atoms with Gasteiger partial charge in [0.15, 0.2) is 0 Å². The molecule has 0 atom stereocenters. The molecule has 0 saturated heterocycles. The van der Waals surface area contributed by atoms with Gasteiger partial charge in [-0.25, -0.2) is 0 Å². The molecule has 0 aliphatic rings. The molecular weight excluding hydrogens is 329 g/mol. The summed E-state index contributed by atoms with van der Waals surface area (Å²) in [6.45, 7) is 1.65. The summed E-state index contributed by atoms with van der Waals surface area (Å²) in [6, 6.07) is 14.0. The van der Waals surface area contributed by atoms with Gasteiger partial charge in [0.2, 0.25) is 0 Å². The van der Waals surface area contributed by atoms with Gasteiger partial charge >= 0.3 is 6.18 Å². The van der Waals surface area contributed by atoms with Crippen LogP contribution in [0.4, 0.5) is 18.9 Å². The number of aryl methyl sites for hydroxylation is 1. The van der Waals surface area contributed by atoms with Crippen LogP contribution in [0.15, 0.2) is 60.8 Å². The van der Waals surface area contributed by atoms with Gasteiger partial charge in [0.05, 0.1) is 11.1 Å². The number of amides is 1. The summed E-state index contributed by atoms with van der Waals surface area (Å²) >= 11 is 0. The number of carbonyl (C=O) groups excluding carboxylic acids is 1. The summed E-state index contributed by atoms with van der Waals surface area (Å²) in [4.78, 5) is 15.5. The Kier molecular flexibility index (Phi) is 4.35. The monoisotopic (exact) mass is 344 g/mol. The molecule has 2 aromatic carbocycles. The first-order valence-electron chi connectivity index (χ1n) is 7.59. The van der Waals surface area contributed by atoms with Crippen LogP contribution in [0, 0.1) is 6.92 Å². The average Bonchev–Trinajstić information content (AvgIpc) is 2.96. The number of hydrogen-bond acceptors (Lipinski definition) is 1. The first-order chi connectivity index (χ1) is 11.9. The van der Waals surface area contributed by atoms with Gasteiger partial charge in [0, 0.05) is 23.1 Å². The third-order valence-corrected chi connectivity index (χ3v) is 3.86. The number of halogens is 3. The minimum atomic E-state index is -4.51. The highest BCUT2D eigenvalue weighted by atomic mass is 19.4. The van der Waals surface area contributed by atoms with Crippen LogP contribution in [-0.2, 0) is 6.18 Å². The Labute approximate surface area is 142 Å². The molecular formula is C19H15F3N2O. The zero-order valence-electron chi connectivity index (χ0n) is 13.3. The lowest BCUT2D eigenvalue weighted by atomic mass is 9.97. The van der Waals surface area contributed by atoms with Gasteiger partial charge in [-0.1, -0.05) is 36.4 Å². The number of anilines is 1. The lowest BCUT2D eigenvalue weighted by Crippen LogP contribution is -2.14. The third-order valence-electron chi connectivity index (χ3n) is 3.86. The van der Waals surface area contributed by atoms with Crippen LogP contribution >= 0.6 is 0 Å². The molecule has 0 aliphatic carbocycles. The molecule has 25 heavy (non-hydrogen) atoms. The normalized spacial score (nSPS) is 11.4. The second kappa shape index (κ2) is 6.47. The quantitative estimate of drug-likeness (QED) is 0.669. The van der Waals surface area contributed by atoms with Crippen molar-refractivity contribution in [3.8, 4) is 11.1 Å². The number of benzene rings is 2. The molecule has 6 heteroatoms. The third kappa shape index (κ3) is 3.42. The Balaban J connectivity index is 2.05. The largest absolute Gasteiger partial charge is 0.417 e. The fraction of sp³-hybridized carbons (Fsp3) is 0.105. The van der Waals surface area contributed by atoms with Crippen LogP contribution in [0.5, 0.6) is 0 Å². The molecule has 0 fully saturated rings. The summed E-state index contributed by atoms with van der Waals surface area (Å²) in [5.41, 5.74) is 0.684. The van der Waals surface area contributed by atoms with Crippen molar-refractivity contribution in [2.75, 3.05) is 5.32 Å². The van der Waals surface area contributed by atoms with Crippen molar-refractivity contribution < 1.29 is 18.0 Å². The van der Waals surface area contributed by atoms with E-state index < -0.39 is 17.6 Å². The zero-order chi connectivity index (χ0) is 18.0. The number of hydrogen-bond donors (Lipinski definition) is 2. The number of H-pyrrole nitrogens is 1. The molecule has 3 rings (SSSR count). The Morgan fingerprint density at radius 1 is 0.960 bits per heavy atom. The van der Waals surface area contributed by atoms with Crippen LogP contribution in [0.25, 0.3) is 11.1 Å². The fourth-order valence-electron chi connectivity index (χ4n) is 2.71. The minimum absolute atomic E-state index is 0.0300. The molecule has 1 amide bonds. The van der Waals surface area contributed by atoms with E-state index in [2.05, 4.69) is 10.3 Å². The van der Waals surface area contributed by atoms with Gasteiger partial charge in [-0.15, -0.1) is 0 Å². The van der Waals surface area contributed by atoms with E-state index in [1.807, 2.05) is 6.07 Å². The van der Waals surface area contributed by atoms with E-state index in [-0.39, 0.29) is 16.7 Å². The lowest BCUT2D eigenvalue weighted by molar-refractivity contribution is -0.137. The molecule has 0 bridgehead atoms. The fourth-order valence-corrected chi connectivity index (χ4v) is 2.71. The molecule has 1 heterocycles. The van der Waals surface area contributed by atoms with E-state index in [1.54, 1.807) is 31.2 Å². The van der Waals surface area contributed by atoms with E-state index in [1.165, 1.54) is 24.4 Å². The second-order valence-corrected chi connectivity index (χ2v) is 5.57. The average molecular weight is 344 g/mol. The number of rotatable bonds is 3. The molecule has 0 aliphatic heterocycles. The highest BCUT2D eigenvalue weighted by molar-refractivity contribution is 6.09. The molecule has 1 aromatic heterocycles. The highest BCUT2D eigenvalue weighted by Crippen LogP contribution is 2.38. The van der Waals surface area contributed by atoms with E-state index >= 15 is 0 Å². The Morgan fingerprint density at radius 3 is 2.28 bits per heavy atom. The highest BCUT2D eigenvalue weighted by Gasteiger charge is 2.34. The summed E-state index contributed by atoms with van der Waals surface area (Å²) in [6.07, 6.45) is -3.07. The molecule has 0 unspecified atom stereocenters. The van der Waals surface area contributed by atoms with Crippen molar-refractivity contribution in [2.24, 2.45) is 0 Å². The summed E-state index contributed by atoms with van der Waals surface area (Å²) in [7, 11) is 0. The van der Waals surface area contributed by atoms with E-state index in [0.29, 0.717) is 11.4 Å². The Bertz CT molecular complexity index is 899.